The van der Waals surface area contributed by atoms with Crippen LogP contribution in [0, 0.1) is 0 Å². The topological polar surface area (TPSA) is 71.8 Å². The van der Waals surface area contributed by atoms with E-state index in [9.17, 15) is 4.79 Å². The van der Waals surface area contributed by atoms with Crippen molar-refractivity contribution in [3.05, 3.63) is 77.6 Å². The number of para-hydroxylation sites is 1. The number of amides is 1. The Labute approximate surface area is 158 Å². The molecule has 0 radical (unpaired) electrons. The van der Waals surface area contributed by atoms with Crippen LogP contribution in [0.25, 0.3) is 0 Å². The minimum absolute atomic E-state index is 0.226. The molecular weight excluding hydrogens is 338 g/mol. The molecule has 1 aromatic heterocycles. The van der Waals surface area contributed by atoms with Crippen LogP contribution in [0.3, 0.4) is 0 Å². The molecule has 6 heteroatoms. The van der Waals surface area contributed by atoms with Crippen LogP contribution in [0.15, 0.2) is 60.8 Å². The third-order valence-electron chi connectivity index (χ3n) is 4.93. The van der Waals surface area contributed by atoms with Crippen molar-refractivity contribution < 1.29 is 4.79 Å². The van der Waals surface area contributed by atoms with Crippen LogP contribution in [0.1, 0.15) is 40.5 Å². The molecule has 1 aliphatic rings. The summed E-state index contributed by atoms with van der Waals surface area (Å²) in [6.45, 7) is 1.94. The second-order valence-electron chi connectivity index (χ2n) is 6.84. The molecule has 1 aliphatic heterocycles. The smallest absolute Gasteiger partial charge is 0.277 e. The van der Waals surface area contributed by atoms with Gasteiger partial charge in [0.15, 0.2) is 5.69 Å². The van der Waals surface area contributed by atoms with Gasteiger partial charge in [0.25, 0.3) is 5.91 Å². The highest BCUT2D eigenvalue weighted by molar-refractivity contribution is 6.03. The first-order valence-electron chi connectivity index (χ1n) is 9.35. The highest BCUT2D eigenvalue weighted by Crippen LogP contribution is 2.21. The fraction of sp³-hybridized carbons (Fsp3) is 0.286. The number of benzene rings is 2. The van der Waals surface area contributed by atoms with Gasteiger partial charge in [-0.2, -0.15) is 0 Å². The van der Waals surface area contributed by atoms with Gasteiger partial charge in [-0.1, -0.05) is 53.7 Å². The fourth-order valence-electron chi connectivity index (χ4n) is 3.43. The predicted octanol–water partition coefficient (Wildman–Crippen LogP) is 3.05. The van der Waals surface area contributed by atoms with Gasteiger partial charge in [0, 0.05) is 5.69 Å². The van der Waals surface area contributed by atoms with Gasteiger partial charge < -0.3 is 10.6 Å². The van der Waals surface area contributed by atoms with E-state index in [1.54, 1.807) is 6.20 Å². The van der Waals surface area contributed by atoms with E-state index in [0.717, 1.165) is 43.6 Å². The number of aromatic nitrogens is 3. The number of nitrogens with one attached hydrogen (secondary N) is 2. The molecule has 0 spiro atoms. The van der Waals surface area contributed by atoms with Crippen molar-refractivity contribution in [3.63, 3.8) is 0 Å². The molecular formula is C21H23N5O. The molecule has 0 aliphatic carbocycles. The molecule has 4 rings (SSSR count). The number of carbonyl (C=O) groups excluding carboxylic acids is 1. The molecule has 2 N–H and O–H groups in total. The summed E-state index contributed by atoms with van der Waals surface area (Å²) in [5, 5.41) is 14.6. The van der Waals surface area contributed by atoms with Gasteiger partial charge in [-0.3, -0.25) is 4.79 Å². The second-order valence-corrected chi connectivity index (χ2v) is 6.84. The minimum atomic E-state index is -0.226. The summed E-state index contributed by atoms with van der Waals surface area (Å²) in [5.41, 5.74) is 3.43. The third kappa shape index (κ3) is 4.23. The number of anilines is 1. The van der Waals surface area contributed by atoms with Crippen molar-refractivity contribution in [2.24, 2.45) is 0 Å². The lowest BCUT2D eigenvalue weighted by atomic mass is 10.0. The number of rotatable bonds is 5. The van der Waals surface area contributed by atoms with Crippen LogP contribution < -0.4 is 10.6 Å². The first-order valence-corrected chi connectivity index (χ1v) is 9.35. The molecule has 2 heterocycles. The normalized spacial score (nSPS) is 14.8. The van der Waals surface area contributed by atoms with Gasteiger partial charge in [-0.25, -0.2) is 4.68 Å². The Hall–Kier alpha value is -2.99. The Morgan fingerprint density at radius 3 is 2.63 bits per heavy atom. The molecule has 0 unspecified atom stereocenters. The van der Waals surface area contributed by atoms with Crippen LogP contribution in [0.5, 0.6) is 0 Å². The highest BCUT2D eigenvalue weighted by atomic mass is 16.2. The quantitative estimate of drug-likeness (QED) is 0.733. The van der Waals surface area contributed by atoms with Crippen LogP contribution >= 0.6 is 0 Å². The Bertz CT molecular complexity index is 900. The molecule has 1 amide bonds. The average Bonchev–Trinajstić information content (AvgIpc) is 3.21. The Morgan fingerprint density at radius 2 is 1.81 bits per heavy atom. The molecule has 1 saturated heterocycles. The average molecular weight is 361 g/mol. The summed E-state index contributed by atoms with van der Waals surface area (Å²) >= 11 is 0. The van der Waals surface area contributed by atoms with E-state index < -0.39 is 0 Å². The summed E-state index contributed by atoms with van der Waals surface area (Å²) in [5.74, 6) is -0.226. The van der Waals surface area contributed by atoms with E-state index in [1.807, 2.05) is 47.1 Å². The zero-order chi connectivity index (χ0) is 18.5. The first-order chi connectivity index (χ1) is 13.3. The summed E-state index contributed by atoms with van der Waals surface area (Å²) in [4.78, 5) is 12.7. The number of nitrogens with zero attached hydrogens (tertiary/aromatic N) is 3. The molecule has 6 nitrogen and oxygen atoms in total. The second kappa shape index (κ2) is 8.14. The molecule has 138 valence electrons. The number of carbonyl (C=O) groups is 1. The van der Waals surface area contributed by atoms with E-state index in [-0.39, 0.29) is 5.91 Å². The van der Waals surface area contributed by atoms with Crippen molar-refractivity contribution in [1.82, 2.24) is 20.3 Å². The molecule has 3 aromatic rings. The van der Waals surface area contributed by atoms with Crippen LogP contribution in [-0.4, -0.2) is 34.0 Å². The van der Waals surface area contributed by atoms with Crippen molar-refractivity contribution in [3.8, 4) is 0 Å². The lowest BCUT2D eigenvalue weighted by molar-refractivity contribution is 0.102. The van der Waals surface area contributed by atoms with Gasteiger partial charge in [-0.05, 0) is 49.5 Å². The molecule has 0 bridgehead atoms. The Kier molecular flexibility index (Phi) is 5.25. The van der Waals surface area contributed by atoms with Crippen molar-refractivity contribution in [2.75, 3.05) is 18.4 Å². The SMILES string of the molecule is O=C(Nc1ccccc1Cc1ccccc1)c1cn(C2CCNCC2)nn1. The summed E-state index contributed by atoms with van der Waals surface area (Å²) in [7, 11) is 0. The van der Waals surface area contributed by atoms with E-state index in [2.05, 4.69) is 33.1 Å². The third-order valence-corrected chi connectivity index (χ3v) is 4.93. The maximum atomic E-state index is 12.7. The van der Waals surface area contributed by atoms with E-state index >= 15 is 0 Å². The van der Waals surface area contributed by atoms with Crippen LogP contribution in [0.2, 0.25) is 0 Å². The standard InChI is InChI=1S/C21H23N5O/c27-21(20-15-26(25-24-20)18-10-12-22-13-11-18)23-19-9-5-4-8-17(19)14-16-6-2-1-3-7-16/h1-9,15,18,22H,10-14H2,(H,23,27). The molecule has 0 atom stereocenters. The fourth-order valence-corrected chi connectivity index (χ4v) is 3.43. The molecule has 2 aromatic carbocycles. The zero-order valence-electron chi connectivity index (χ0n) is 15.1. The van der Waals surface area contributed by atoms with Crippen molar-refractivity contribution in [2.45, 2.75) is 25.3 Å². The highest BCUT2D eigenvalue weighted by Gasteiger charge is 2.19. The van der Waals surface area contributed by atoms with Crippen molar-refractivity contribution in [1.29, 1.82) is 0 Å². The molecule has 1 fully saturated rings. The zero-order valence-corrected chi connectivity index (χ0v) is 15.1. The Balaban J connectivity index is 1.48. The van der Waals surface area contributed by atoms with Gasteiger partial charge >= 0.3 is 0 Å². The number of hydrogen-bond donors (Lipinski definition) is 2. The maximum absolute atomic E-state index is 12.7. The van der Waals surface area contributed by atoms with Gasteiger partial charge in [-0.15, -0.1) is 5.10 Å². The maximum Gasteiger partial charge on any atom is 0.277 e. The minimum Gasteiger partial charge on any atom is -0.320 e. The van der Waals surface area contributed by atoms with E-state index in [4.69, 9.17) is 0 Å². The largest absolute Gasteiger partial charge is 0.320 e. The van der Waals surface area contributed by atoms with Crippen molar-refractivity contribution >= 4 is 11.6 Å². The molecule has 0 saturated carbocycles. The lowest BCUT2D eigenvalue weighted by Crippen LogP contribution is -2.29. The van der Waals surface area contributed by atoms with E-state index in [1.165, 1.54) is 5.56 Å². The summed E-state index contributed by atoms with van der Waals surface area (Å²) in [6.07, 6.45) is 4.53. The monoisotopic (exact) mass is 361 g/mol. The predicted molar refractivity (Wildman–Crippen MR) is 105 cm³/mol. The first kappa shape index (κ1) is 17.4. The summed E-state index contributed by atoms with van der Waals surface area (Å²) in [6, 6.07) is 18.4. The van der Waals surface area contributed by atoms with Gasteiger partial charge in [0.05, 0.1) is 12.2 Å². The van der Waals surface area contributed by atoms with Crippen LogP contribution in [-0.2, 0) is 6.42 Å². The van der Waals surface area contributed by atoms with Gasteiger partial charge in [0.1, 0.15) is 0 Å². The Morgan fingerprint density at radius 1 is 1.07 bits per heavy atom. The lowest BCUT2D eigenvalue weighted by Gasteiger charge is -2.22. The number of hydrogen-bond acceptors (Lipinski definition) is 4. The summed E-state index contributed by atoms with van der Waals surface area (Å²) < 4.78 is 1.83. The number of piperidine rings is 1. The van der Waals surface area contributed by atoms with Gasteiger partial charge in [0.2, 0.25) is 0 Å². The van der Waals surface area contributed by atoms with Crippen LogP contribution in [0.4, 0.5) is 5.69 Å². The van der Waals surface area contributed by atoms with E-state index in [0.29, 0.717) is 11.7 Å². The molecule has 27 heavy (non-hydrogen) atoms.